The molecule has 6 nitrogen and oxygen atoms in total. The van der Waals surface area contributed by atoms with Crippen LogP contribution in [0.2, 0.25) is 0 Å². The summed E-state index contributed by atoms with van der Waals surface area (Å²) in [5, 5.41) is 4.01. The van der Waals surface area contributed by atoms with Crippen molar-refractivity contribution in [3.8, 4) is 11.1 Å². The molecule has 0 atom stereocenters. The van der Waals surface area contributed by atoms with Gasteiger partial charge in [0.05, 0.1) is 11.5 Å². The maximum atomic E-state index is 11.3. The van der Waals surface area contributed by atoms with E-state index in [1.807, 2.05) is 13.8 Å². The zero-order valence-electron chi connectivity index (χ0n) is 26.8. The van der Waals surface area contributed by atoms with E-state index >= 15 is 0 Å². The molecule has 1 N–H and O–H groups in total. The molecule has 0 saturated heterocycles. The first kappa shape index (κ1) is 33.4. The van der Waals surface area contributed by atoms with Crippen LogP contribution in [0.4, 0.5) is 5.88 Å². The highest BCUT2D eigenvalue weighted by molar-refractivity contribution is 8.00. The van der Waals surface area contributed by atoms with Gasteiger partial charge in [-0.25, -0.2) is 0 Å². The second-order valence-electron chi connectivity index (χ2n) is 11.4. The lowest BCUT2D eigenvalue weighted by Gasteiger charge is -2.25. The fourth-order valence-corrected chi connectivity index (χ4v) is 6.03. The van der Waals surface area contributed by atoms with Crippen molar-refractivity contribution in [2.24, 2.45) is 4.99 Å². The van der Waals surface area contributed by atoms with Gasteiger partial charge in [-0.15, -0.1) is 0 Å². The first-order valence-electron chi connectivity index (χ1n) is 15.6. The van der Waals surface area contributed by atoms with Gasteiger partial charge < -0.3 is 14.2 Å². The van der Waals surface area contributed by atoms with E-state index < -0.39 is 5.54 Å². The summed E-state index contributed by atoms with van der Waals surface area (Å²) < 4.78 is 8.67. The molecule has 0 amide bonds. The summed E-state index contributed by atoms with van der Waals surface area (Å²) >= 11 is 1.57. The maximum Gasteiger partial charge on any atom is 0.237 e. The number of unbranched alkanes of at least 4 members (excludes halogenated alkanes) is 1. The molecule has 228 valence electrons. The molecule has 1 saturated carbocycles. The van der Waals surface area contributed by atoms with Crippen molar-refractivity contribution in [2.75, 3.05) is 18.3 Å². The molecule has 2 aromatic carbocycles. The van der Waals surface area contributed by atoms with Crippen LogP contribution in [0.25, 0.3) is 11.1 Å². The van der Waals surface area contributed by atoms with E-state index in [1.54, 1.807) is 11.9 Å². The van der Waals surface area contributed by atoms with Gasteiger partial charge in [0.1, 0.15) is 11.8 Å². The molecule has 1 aromatic heterocycles. The number of carbonyl (C=O) groups is 1. The summed E-state index contributed by atoms with van der Waals surface area (Å²) in [5.41, 5.74) is 6.84. The van der Waals surface area contributed by atoms with Crippen LogP contribution in [0.15, 0.2) is 56.9 Å². The Labute approximate surface area is 257 Å². The van der Waals surface area contributed by atoms with Gasteiger partial charge in [0.25, 0.3) is 0 Å². The highest BCUT2D eigenvalue weighted by Gasteiger charge is 2.33. The van der Waals surface area contributed by atoms with Crippen LogP contribution in [0.1, 0.15) is 94.5 Å². The van der Waals surface area contributed by atoms with Gasteiger partial charge in [-0.1, -0.05) is 86.6 Å². The second-order valence-corrected chi connectivity index (χ2v) is 12.3. The molecular formula is C35H50N4O2S. The van der Waals surface area contributed by atoms with Crippen LogP contribution in [-0.4, -0.2) is 41.3 Å². The van der Waals surface area contributed by atoms with E-state index in [2.05, 4.69) is 92.0 Å². The molecule has 1 fully saturated rings. The van der Waals surface area contributed by atoms with Gasteiger partial charge in [0.15, 0.2) is 0 Å². The highest BCUT2D eigenvalue weighted by Crippen LogP contribution is 2.36. The number of aldehydes is 1. The summed E-state index contributed by atoms with van der Waals surface area (Å²) in [4.78, 5) is 19.5. The normalized spacial score (nSPS) is 14.3. The average molecular weight is 591 g/mol. The van der Waals surface area contributed by atoms with Gasteiger partial charge in [0.2, 0.25) is 5.88 Å². The van der Waals surface area contributed by atoms with Gasteiger partial charge in [-0.3, -0.25) is 9.71 Å². The zero-order chi connectivity index (χ0) is 30.5. The number of hydrogen-bond donors (Lipinski definition) is 1. The first-order chi connectivity index (χ1) is 20.3. The highest BCUT2D eigenvalue weighted by atomic mass is 32.2. The molecule has 0 spiro atoms. The largest absolute Gasteiger partial charge is 0.364 e. The van der Waals surface area contributed by atoms with Crippen molar-refractivity contribution in [3.63, 3.8) is 0 Å². The van der Waals surface area contributed by atoms with E-state index in [0.717, 1.165) is 87.2 Å². The summed E-state index contributed by atoms with van der Waals surface area (Å²) in [7, 11) is 2.07. The number of aromatic nitrogens is 1. The molecular weight excluding hydrogens is 540 g/mol. The van der Waals surface area contributed by atoms with Crippen molar-refractivity contribution in [2.45, 2.75) is 110 Å². The number of rotatable bonds is 12. The van der Waals surface area contributed by atoms with Crippen LogP contribution in [-0.2, 0) is 11.2 Å². The molecule has 0 bridgehead atoms. The van der Waals surface area contributed by atoms with E-state index in [0.29, 0.717) is 0 Å². The fraction of sp³-hybridized carbons (Fsp3) is 0.514. The Balaban J connectivity index is 0.000000250. The summed E-state index contributed by atoms with van der Waals surface area (Å²) in [5.74, 6) is 1.83. The third-order valence-corrected chi connectivity index (χ3v) is 8.94. The van der Waals surface area contributed by atoms with E-state index in [4.69, 9.17) is 9.52 Å². The third kappa shape index (κ3) is 8.97. The predicted octanol–water partition coefficient (Wildman–Crippen LogP) is 9.38. The molecule has 42 heavy (non-hydrogen) atoms. The number of aliphatic imine (C=N–C) groups is 1. The number of hydrogen-bond acceptors (Lipinski definition) is 6. The number of amidine groups is 1. The molecule has 0 unspecified atom stereocenters. The number of benzene rings is 2. The monoisotopic (exact) mass is 590 g/mol. The van der Waals surface area contributed by atoms with Crippen LogP contribution in [0, 0.1) is 20.8 Å². The van der Waals surface area contributed by atoms with Crippen molar-refractivity contribution in [1.29, 1.82) is 0 Å². The molecule has 1 aliphatic rings. The molecule has 1 heterocycles. The SMILES string of the molecule is CCCCC(=NC1(C=O)CCCC1)N(C)CC.CCCc1cc(C)ccc1-c1ccccc1SNc1onc(C)c1C. The van der Waals surface area contributed by atoms with Crippen molar-refractivity contribution < 1.29 is 9.32 Å². The summed E-state index contributed by atoms with van der Waals surface area (Å²) in [6.45, 7) is 13.6. The lowest BCUT2D eigenvalue weighted by atomic mass is 9.95. The Bertz CT molecular complexity index is 1310. The van der Waals surface area contributed by atoms with Gasteiger partial charge >= 0.3 is 0 Å². The quantitative estimate of drug-likeness (QED) is 0.0981. The topological polar surface area (TPSA) is 70.7 Å². The zero-order valence-corrected chi connectivity index (χ0v) is 27.6. The Morgan fingerprint density at radius 2 is 1.81 bits per heavy atom. The van der Waals surface area contributed by atoms with Crippen molar-refractivity contribution in [3.05, 3.63) is 64.8 Å². The van der Waals surface area contributed by atoms with Gasteiger partial charge in [-0.05, 0) is 88.1 Å². The molecule has 3 aromatic rings. The predicted molar refractivity (Wildman–Crippen MR) is 179 cm³/mol. The van der Waals surface area contributed by atoms with Gasteiger partial charge in [0, 0.05) is 30.5 Å². The van der Waals surface area contributed by atoms with Crippen molar-refractivity contribution >= 4 is 30.0 Å². The van der Waals surface area contributed by atoms with Crippen LogP contribution >= 0.6 is 11.9 Å². The standard InChI is InChI=1S/C21H24N2OS.C14H26N2O/c1-5-8-17-13-14(2)11-12-18(17)19-9-6-7-10-20(19)25-23-21-15(3)16(4)22-24-21;1-4-6-9-13(16(3)5-2)15-14(12-17)10-7-8-11-14/h6-7,9-13,23H,5,8H2,1-4H3;12H,4-11H2,1-3H3. The Morgan fingerprint density at radius 1 is 1.07 bits per heavy atom. The number of nitrogens with zero attached hydrogens (tertiary/aromatic N) is 3. The van der Waals surface area contributed by atoms with E-state index in [1.165, 1.54) is 33.6 Å². The summed E-state index contributed by atoms with van der Waals surface area (Å²) in [6, 6.07) is 15.2. The Kier molecular flexibility index (Phi) is 13.2. The van der Waals surface area contributed by atoms with Crippen LogP contribution < -0.4 is 4.72 Å². The summed E-state index contributed by atoms with van der Waals surface area (Å²) in [6.07, 6.45) is 10.8. The van der Waals surface area contributed by atoms with Crippen LogP contribution in [0.3, 0.4) is 0 Å². The number of carbonyl (C=O) groups excluding carboxylic acids is 1. The molecule has 0 radical (unpaired) electrons. The van der Waals surface area contributed by atoms with Crippen LogP contribution in [0.5, 0.6) is 0 Å². The smallest absolute Gasteiger partial charge is 0.237 e. The first-order valence-corrected chi connectivity index (χ1v) is 16.4. The van der Waals surface area contributed by atoms with Gasteiger partial charge in [-0.2, -0.15) is 0 Å². The number of aryl methyl sites for hydroxylation is 3. The lowest BCUT2D eigenvalue weighted by Crippen LogP contribution is -2.33. The minimum absolute atomic E-state index is 0.396. The molecule has 1 aliphatic carbocycles. The lowest BCUT2D eigenvalue weighted by molar-refractivity contribution is -0.112. The second kappa shape index (κ2) is 16.5. The number of nitrogens with one attached hydrogen (secondary N) is 1. The minimum Gasteiger partial charge on any atom is -0.364 e. The third-order valence-electron chi connectivity index (χ3n) is 8.08. The number of anilines is 1. The van der Waals surface area contributed by atoms with E-state index in [-0.39, 0.29) is 0 Å². The molecule has 0 aliphatic heterocycles. The van der Waals surface area contributed by atoms with Crippen molar-refractivity contribution in [1.82, 2.24) is 10.1 Å². The molecule has 7 heteroatoms. The fourth-order valence-electron chi connectivity index (χ4n) is 5.20. The Hall–Kier alpha value is -3.06. The average Bonchev–Trinajstić information content (AvgIpc) is 3.61. The minimum atomic E-state index is -0.396. The van der Waals surface area contributed by atoms with E-state index in [9.17, 15) is 4.79 Å². The Morgan fingerprint density at radius 3 is 2.43 bits per heavy atom. The molecule has 4 rings (SSSR count). The maximum absolute atomic E-state index is 11.3.